The van der Waals surface area contributed by atoms with Gasteiger partial charge in [-0.2, -0.15) is 0 Å². The Hall–Kier alpha value is -1.65. The molecule has 0 atom stereocenters. The van der Waals surface area contributed by atoms with Crippen molar-refractivity contribution >= 4 is 22.2 Å². The van der Waals surface area contributed by atoms with Crippen LogP contribution in [0.1, 0.15) is 10.6 Å². The lowest BCUT2D eigenvalue weighted by atomic mass is 10.2. The van der Waals surface area contributed by atoms with Crippen molar-refractivity contribution < 1.29 is 0 Å². The maximum atomic E-state index is 4.27. The molecule has 1 aromatic carbocycles. The third-order valence-corrected chi connectivity index (χ3v) is 3.83. The number of hydrogen-bond acceptors (Lipinski definition) is 3. The predicted octanol–water partition coefficient (Wildman–Crippen LogP) is 2.96. The molecular weight excluding hydrogens is 242 g/mol. The second-order valence-electron chi connectivity index (χ2n) is 4.21. The molecule has 0 saturated carbocycles. The number of aromatic nitrogens is 2. The van der Waals surface area contributed by atoms with E-state index in [4.69, 9.17) is 0 Å². The largest absolute Gasteiger partial charge is 0.361 e. The van der Waals surface area contributed by atoms with Crippen molar-refractivity contribution in [3.05, 3.63) is 52.6 Å². The smallest absolute Gasteiger partial charge is 0.0937 e. The first-order chi connectivity index (χ1) is 8.93. The van der Waals surface area contributed by atoms with E-state index in [1.807, 2.05) is 11.6 Å². The van der Waals surface area contributed by atoms with Gasteiger partial charge in [-0.05, 0) is 11.6 Å². The first-order valence-corrected chi connectivity index (χ1v) is 6.95. The minimum atomic E-state index is 0.898. The highest BCUT2D eigenvalue weighted by Gasteiger charge is 2.02. The van der Waals surface area contributed by atoms with E-state index < -0.39 is 0 Å². The molecule has 0 spiro atoms. The van der Waals surface area contributed by atoms with Crippen LogP contribution in [-0.4, -0.2) is 16.5 Å². The zero-order valence-corrected chi connectivity index (χ0v) is 10.8. The van der Waals surface area contributed by atoms with Crippen LogP contribution in [0, 0.1) is 0 Å². The quantitative estimate of drug-likeness (QED) is 0.690. The Labute approximate surface area is 110 Å². The second-order valence-corrected chi connectivity index (χ2v) is 5.19. The molecule has 18 heavy (non-hydrogen) atoms. The molecule has 2 heterocycles. The molecule has 0 radical (unpaired) electrons. The van der Waals surface area contributed by atoms with Crippen LogP contribution in [0.15, 0.2) is 42.0 Å². The number of benzene rings is 1. The van der Waals surface area contributed by atoms with E-state index in [1.165, 1.54) is 21.5 Å². The molecular formula is C14H15N3S. The summed E-state index contributed by atoms with van der Waals surface area (Å²) in [7, 11) is 0. The standard InChI is InChI=1S/C14H15N3S/c1-2-4-13-12(3-1)11(10-17-13)9-15-6-5-14-16-7-8-18-14/h1-4,7-8,10,15,17H,5-6,9H2. The molecule has 2 aromatic heterocycles. The molecule has 0 amide bonds. The zero-order valence-electron chi connectivity index (χ0n) is 10.0. The van der Waals surface area contributed by atoms with Crippen LogP contribution in [0.4, 0.5) is 0 Å². The lowest BCUT2D eigenvalue weighted by Gasteiger charge is -2.02. The summed E-state index contributed by atoms with van der Waals surface area (Å²) in [5.41, 5.74) is 2.53. The minimum absolute atomic E-state index is 0.898. The van der Waals surface area contributed by atoms with E-state index in [-0.39, 0.29) is 0 Å². The number of hydrogen-bond donors (Lipinski definition) is 2. The van der Waals surface area contributed by atoms with Gasteiger partial charge in [0, 0.05) is 48.2 Å². The Kier molecular flexibility index (Phi) is 3.39. The van der Waals surface area contributed by atoms with Crippen LogP contribution >= 0.6 is 11.3 Å². The summed E-state index contributed by atoms with van der Waals surface area (Å²) < 4.78 is 0. The third-order valence-electron chi connectivity index (χ3n) is 2.99. The number of fused-ring (bicyclic) bond motifs is 1. The van der Waals surface area contributed by atoms with Gasteiger partial charge in [0.1, 0.15) is 0 Å². The number of nitrogens with one attached hydrogen (secondary N) is 2. The molecule has 3 aromatic rings. The maximum Gasteiger partial charge on any atom is 0.0937 e. The number of nitrogens with zero attached hydrogens (tertiary/aromatic N) is 1. The minimum Gasteiger partial charge on any atom is -0.361 e. The Balaban J connectivity index is 1.57. The van der Waals surface area contributed by atoms with Crippen molar-refractivity contribution in [1.29, 1.82) is 0 Å². The van der Waals surface area contributed by atoms with E-state index in [9.17, 15) is 0 Å². The average molecular weight is 257 g/mol. The van der Waals surface area contributed by atoms with Crippen LogP contribution in [-0.2, 0) is 13.0 Å². The lowest BCUT2D eigenvalue weighted by Crippen LogP contribution is -2.16. The summed E-state index contributed by atoms with van der Waals surface area (Å²) in [5.74, 6) is 0. The van der Waals surface area contributed by atoms with Crippen molar-refractivity contribution in [3.8, 4) is 0 Å². The highest BCUT2D eigenvalue weighted by molar-refractivity contribution is 7.09. The van der Waals surface area contributed by atoms with Crippen LogP contribution in [0.5, 0.6) is 0 Å². The molecule has 0 unspecified atom stereocenters. The molecule has 0 bridgehead atoms. The number of rotatable bonds is 5. The Morgan fingerprint density at radius 1 is 1.28 bits per heavy atom. The normalized spacial score (nSPS) is 11.1. The number of thiazole rings is 1. The molecule has 0 fully saturated rings. The fourth-order valence-corrected chi connectivity index (χ4v) is 2.69. The highest BCUT2D eigenvalue weighted by Crippen LogP contribution is 2.17. The molecule has 92 valence electrons. The summed E-state index contributed by atoms with van der Waals surface area (Å²) in [6, 6.07) is 8.39. The molecule has 3 nitrogen and oxygen atoms in total. The number of H-pyrrole nitrogens is 1. The SMILES string of the molecule is c1ccc2c(CNCCc3nccs3)c[nH]c2c1. The fourth-order valence-electron chi connectivity index (χ4n) is 2.07. The molecule has 0 aliphatic heterocycles. The predicted molar refractivity (Wildman–Crippen MR) is 75.8 cm³/mol. The summed E-state index contributed by atoms with van der Waals surface area (Å²) in [5, 5.41) is 7.99. The number of aromatic amines is 1. The molecule has 3 rings (SSSR count). The number of para-hydroxylation sites is 1. The molecule has 0 saturated heterocycles. The first-order valence-electron chi connectivity index (χ1n) is 6.07. The van der Waals surface area contributed by atoms with Gasteiger partial charge in [0.15, 0.2) is 0 Å². The van der Waals surface area contributed by atoms with E-state index in [1.54, 1.807) is 11.3 Å². The summed E-state index contributed by atoms with van der Waals surface area (Å²) in [4.78, 5) is 7.57. The van der Waals surface area contributed by atoms with Crippen molar-refractivity contribution in [2.75, 3.05) is 6.54 Å². The lowest BCUT2D eigenvalue weighted by molar-refractivity contribution is 0.688. The highest BCUT2D eigenvalue weighted by atomic mass is 32.1. The van der Waals surface area contributed by atoms with Gasteiger partial charge in [0.25, 0.3) is 0 Å². The average Bonchev–Trinajstić information content (AvgIpc) is 3.04. The van der Waals surface area contributed by atoms with Gasteiger partial charge in [-0.25, -0.2) is 4.98 Å². The third kappa shape index (κ3) is 2.44. The van der Waals surface area contributed by atoms with E-state index in [2.05, 4.69) is 45.7 Å². The molecule has 0 aliphatic rings. The van der Waals surface area contributed by atoms with Crippen LogP contribution < -0.4 is 5.32 Å². The van der Waals surface area contributed by atoms with Crippen molar-refractivity contribution in [3.63, 3.8) is 0 Å². The van der Waals surface area contributed by atoms with Gasteiger partial charge in [-0.15, -0.1) is 11.3 Å². The molecule has 2 N–H and O–H groups in total. The fraction of sp³-hybridized carbons (Fsp3) is 0.214. The van der Waals surface area contributed by atoms with Crippen molar-refractivity contribution in [2.45, 2.75) is 13.0 Å². The van der Waals surface area contributed by atoms with Crippen LogP contribution in [0.3, 0.4) is 0 Å². The summed E-state index contributed by atoms with van der Waals surface area (Å²) >= 11 is 1.72. The summed E-state index contributed by atoms with van der Waals surface area (Å²) in [6.07, 6.45) is 4.95. The van der Waals surface area contributed by atoms with Gasteiger partial charge in [0.05, 0.1) is 5.01 Å². The Bertz CT molecular complexity index is 613. The van der Waals surface area contributed by atoms with E-state index in [0.717, 1.165) is 19.5 Å². The molecule has 0 aliphatic carbocycles. The van der Waals surface area contributed by atoms with Gasteiger partial charge >= 0.3 is 0 Å². The summed E-state index contributed by atoms with van der Waals surface area (Å²) in [6.45, 7) is 1.86. The Morgan fingerprint density at radius 3 is 3.11 bits per heavy atom. The molecule has 4 heteroatoms. The van der Waals surface area contributed by atoms with Gasteiger partial charge < -0.3 is 10.3 Å². The van der Waals surface area contributed by atoms with Gasteiger partial charge in [-0.1, -0.05) is 18.2 Å². The topological polar surface area (TPSA) is 40.7 Å². The first kappa shape index (κ1) is 11.4. The van der Waals surface area contributed by atoms with Gasteiger partial charge in [-0.3, -0.25) is 0 Å². The monoisotopic (exact) mass is 257 g/mol. The van der Waals surface area contributed by atoms with Gasteiger partial charge in [0.2, 0.25) is 0 Å². The van der Waals surface area contributed by atoms with E-state index >= 15 is 0 Å². The zero-order chi connectivity index (χ0) is 12.2. The maximum absolute atomic E-state index is 4.27. The van der Waals surface area contributed by atoms with E-state index in [0.29, 0.717) is 0 Å². The van der Waals surface area contributed by atoms with Crippen molar-refractivity contribution in [2.24, 2.45) is 0 Å². The Morgan fingerprint density at radius 2 is 2.22 bits per heavy atom. The second kappa shape index (κ2) is 5.33. The van der Waals surface area contributed by atoms with Crippen LogP contribution in [0.2, 0.25) is 0 Å². The van der Waals surface area contributed by atoms with Crippen molar-refractivity contribution in [1.82, 2.24) is 15.3 Å². The van der Waals surface area contributed by atoms with Crippen LogP contribution in [0.25, 0.3) is 10.9 Å².